The number of pyridine rings is 1. The summed E-state index contributed by atoms with van der Waals surface area (Å²) in [4.78, 5) is 29.1. The maximum atomic E-state index is 12.9. The van der Waals surface area contributed by atoms with Gasteiger partial charge in [-0.1, -0.05) is 19.1 Å². The summed E-state index contributed by atoms with van der Waals surface area (Å²) in [6.07, 6.45) is 3.97. The van der Waals surface area contributed by atoms with E-state index in [-0.39, 0.29) is 42.2 Å². The molecule has 1 atom stereocenters. The van der Waals surface area contributed by atoms with Gasteiger partial charge in [0, 0.05) is 36.0 Å². The number of aromatic nitrogens is 1. The van der Waals surface area contributed by atoms with Crippen LogP contribution in [0.1, 0.15) is 41.3 Å². The molecule has 0 fully saturated rings. The second-order valence-corrected chi connectivity index (χ2v) is 8.38. The molecule has 4 rings (SSSR count). The lowest BCUT2D eigenvalue weighted by atomic mass is 9.89. The van der Waals surface area contributed by atoms with Gasteiger partial charge >= 0.3 is 6.61 Å². The molecule has 2 aromatic carbocycles. The Labute approximate surface area is 212 Å². The van der Waals surface area contributed by atoms with E-state index in [2.05, 4.69) is 20.1 Å². The minimum Gasteiger partial charge on any atom is -0.493 e. The number of nitrogens with one attached hydrogen (secondary N) is 1. The largest absolute Gasteiger partial charge is 0.493 e. The SMILES string of the molecule is CCC1CC(=O)N(Cc2ccc(NC(=O)c3cccnc3)cc2)N=C1c1ccc(OC)c(OC(F)F)c1. The lowest BCUT2D eigenvalue weighted by Crippen LogP contribution is -2.36. The van der Waals surface area contributed by atoms with Crippen LogP contribution in [0.2, 0.25) is 0 Å². The highest BCUT2D eigenvalue weighted by atomic mass is 19.3. The van der Waals surface area contributed by atoms with Crippen LogP contribution in [-0.4, -0.2) is 41.2 Å². The number of hydrazone groups is 1. The van der Waals surface area contributed by atoms with Crippen molar-refractivity contribution in [2.75, 3.05) is 12.4 Å². The van der Waals surface area contributed by atoms with E-state index in [1.54, 1.807) is 54.7 Å². The Bertz CT molecular complexity index is 1280. The van der Waals surface area contributed by atoms with Gasteiger partial charge in [0.15, 0.2) is 11.5 Å². The average Bonchev–Trinajstić information content (AvgIpc) is 2.90. The number of amides is 2. The molecule has 3 aromatic rings. The van der Waals surface area contributed by atoms with Crippen molar-refractivity contribution in [3.63, 3.8) is 0 Å². The molecule has 10 heteroatoms. The van der Waals surface area contributed by atoms with E-state index in [9.17, 15) is 18.4 Å². The Morgan fingerprint density at radius 1 is 1.16 bits per heavy atom. The molecular formula is C27H26F2N4O4. The Kier molecular flexibility index (Phi) is 8.07. The van der Waals surface area contributed by atoms with E-state index in [1.807, 2.05) is 6.92 Å². The lowest BCUT2D eigenvalue weighted by Gasteiger charge is -2.29. The summed E-state index contributed by atoms with van der Waals surface area (Å²) in [7, 11) is 1.37. The zero-order valence-electron chi connectivity index (χ0n) is 20.4. The molecule has 1 unspecified atom stereocenters. The van der Waals surface area contributed by atoms with Crippen molar-refractivity contribution in [2.45, 2.75) is 32.9 Å². The number of anilines is 1. The Morgan fingerprint density at radius 2 is 1.95 bits per heavy atom. The summed E-state index contributed by atoms with van der Waals surface area (Å²) >= 11 is 0. The number of hydrogen-bond donors (Lipinski definition) is 1. The van der Waals surface area contributed by atoms with Crippen molar-refractivity contribution in [1.82, 2.24) is 9.99 Å². The third-order valence-electron chi connectivity index (χ3n) is 5.96. The molecule has 2 heterocycles. The zero-order chi connectivity index (χ0) is 26.4. The van der Waals surface area contributed by atoms with Gasteiger partial charge in [-0.15, -0.1) is 0 Å². The predicted octanol–water partition coefficient (Wildman–Crippen LogP) is 5.11. The van der Waals surface area contributed by atoms with Crippen molar-refractivity contribution < 1.29 is 27.8 Å². The maximum absolute atomic E-state index is 12.9. The van der Waals surface area contributed by atoms with Crippen LogP contribution in [-0.2, 0) is 11.3 Å². The number of benzene rings is 2. The molecule has 2 amide bonds. The minimum atomic E-state index is -3.00. The van der Waals surface area contributed by atoms with Gasteiger partial charge in [0.25, 0.3) is 5.91 Å². The number of nitrogens with zero attached hydrogens (tertiary/aromatic N) is 3. The number of halogens is 2. The van der Waals surface area contributed by atoms with Crippen molar-refractivity contribution in [2.24, 2.45) is 11.0 Å². The maximum Gasteiger partial charge on any atom is 0.387 e. The number of methoxy groups -OCH3 is 1. The Morgan fingerprint density at radius 3 is 2.59 bits per heavy atom. The van der Waals surface area contributed by atoms with Gasteiger partial charge in [0.2, 0.25) is 5.91 Å². The first-order chi connectivity index (χ1) is 17.9. The van der Waals surface area contributed by atoms with Gasteiger partial charge < -0.3 is 14.8 Å². The molecule has 1 N–H and O–H groups in total. The van der Waals surface area contributed by atoms with Crippen LogP contribution < -0.4 is 14.8 Å². The van der Waals surface area contributed by atoms with Crippen LogP contribution in [0.15, 0.2) is 72.1 Å². The molecule has 37 heavy (non-hydrogen) atoms. The van der Waals surface area contributed by atoms with E-state index >= 15 is 0 Å². The van der Waals surface area contributed by atoms with Crippen LogP contribution in [0.3, 0.4) is 0 Å². The normalized spacial score (nSPS) is 15.4. The highest BCUT2D eigenvalue weighted by molar-refractivity contribution is 6.06. The molecule has 0 saturated heterocycles. The summed E-state index contributed by atoms with van der Waals surface area (Å²) in [5.41, 5.74) is 3.04. The third-order valence-corrected chi connectivity index (χ3v) is 5.96. The first-order valence-electron chi connectivity index (χ1n) is 11.7. The molecule has 192 valence electrons. The van der Waals surface area contributed by atoms with Crippen LogP contribution in [0.4, 0.5) is 14.5 Å². The molecular weight excluding hydrogens is 482 g/mol. The number of carbonyl (C=O) groups is 2. The second kappa shape index (κ2) is 11.6. The molecule has 0 radical (unpaired) electrons. The third kappa shape index (κ3) is 6.27. The van der Waals surface area contributed by atoms with Crippen LogP contribution in [0.25, 0.3) is 0 Å². The Balaban J connectivity index is 1.53. The fraction of sp³-hybridized carbons (Fsp3) is 0.259. The second-order valence-electron chi connectivity index (χ2n) is 8.38. The predicted molar refractivity (Wildman–Crippen MR) is 134 cm³/mol. The number of hydrogen-bond acceptors (Lipinski definition) is 6. The zero-order valence-corrected chi connectivity index (χ0v) is 20.4. The van der Waals surface area contributed by atoms with E-state index in [1.165, 1.54) is 24.4 Å². The summed E-state index contributed by atoms with van der Waals surface area (Å²) in [5, 5.41) is 8.79. The first-order valence-corrected chi connectivity index (χ1v) is 11.7. The van der Waals surface area contributed by atoms with Gasteiger partial charge in [-0.25, -0.2) is 5.01 Å². The number of carbonyl (C=O) groups excluding carboxylic acids is 2. The topological polar surface area (TPSA) is 93.1 Å². The van der Waals surface area contributed by atoms with Crippen LogP contribution >= 0.6 is 0 Å². The molecule has 1 aliphatic heterocycles. The molecule has 1 aromatic heterocycles. The van der Waals surface area contributed by atoms with Gasteiger partial charge in [-0.2, -0.15) is 13.9 Å². The van der Waals surface area contributed by atoms with Crippen molar-refractivity contribution in [3.8, 4) is 11.5 Å². The summed E-state index contributed by atoms with van der Waals surface area (Å²) < 4.78 is 35.6. The average molecular weight is 509 g/mol. The highest BCUT2D eigenvalue weighted by Gasteiger charge is 2.30. The summed E-state index contributed by atoms with van der Waals surface area (Å²) in [6.45, 7) is -0.844. The van der Waals surface area contributed by atoms with Crippen molar-refractivity contribution in [3.05, 3.63) is 83.7 Å². The number of rotatable bonds is 9. The smallest absolute Gasteiger partial charge is 0.387 e. The monoisotopic (exact) mass is 508 g/mol. The van der Waals surface area contributed by atoms with Gasteiger partial charge in [0.1, 0.15) is 0 Å². The lowest BCUT2D eigenvalue weighted by molar-refractivity contribution is -0.133. The van der Waals surface area contributed by atoms with Gasteiger partial charge in [0.05, 0.1) is 24.9 Å². The highest BCUT2D eigenvalue weighted by Crippen LogP contribution is 2.33. The molecule has 0 aliphatic carbocycles. The van der Waals surface area contributed by atoms with E-state index in [0.717, 1.165) is 5.56 Å². The molecule has 1 aliphatic rings. The van der Waals surface area contributed by atoms with E-state index in [4.69, 9.17) is 4.74 Å². The molecule has 0 saturated carbocycles. The van der Waals surface area contributed by atoms with Gasteiger partial charge in [-0.3, -0.25) is 14.6 Å². The molecule has 0 spiro atoms. The summed E-state index contributed by atoms with van der Waals surface area (Å²) in [5.74, 6) is -0.498. The minimum absolute atomic E-state index is 0.0973. The number of alkyl halides is 2. The van der Waals surface area contributed by atoms with Crippen molar-refractivity contribution in [1.29, 1.82) is 0 Å². The standard InChI is InChI=1S/C27H26F2N4O4/c1-3-18-14-24(34)33(32-25(18)19-8-11-22(36-2)23(13-19)37-27(28)29)16-17-6-9-21(10-7-17)31-26(35)20-5-4-12-30-15-20/h4-13,15,18,27H,3,14,16H2,1-2H3,(H,31,35). The quantitative estimate of drug-likeness (QED) is 0.434. The number of ether oxygens (including phenoxy) is 2. The fourth-order valence-corrected chi connectivity index (χ4v) is 4.03. The van der Waals surface area contributed by atoms with Crippen molar-refractivity contribution >= 4 is 23.2 Å². The van der Waals surface area contributed by atoms with Gasteiger partial charge in [-0.05, 0) is 54.4 Å². The van der Waals surface area contributed by atoms with Crippen LogP contribution in [0.5, 0.6) is 11.5 Å². The van der Waals surface area contributed by atoms with E-state index in [0.29, 0.717) is 28.9 Å². The van der Waals surface area contributed by atoms with E-state index < -0.39 is 6.61 Å². The molecule has 8 nitrogen and oxygen atoms in total. The summed E-state index contributed by atoms with van der Waals surface area (Å²) in [6, 6.07) is 15.2. The Hall–Kier alpha value is -4.34. The fourth-order valence-electron chi connectivity index (χ4n) is 4.03. The first kappa shape index (κ1) is 25.7. The van der Waals surface area contributed by atoms with Crippen LogP contribution in [0, 0.1) is 5.92 Å². The molecule has 0 bridgehead atoms.